The molecule has 0 spiro atoms. The number of hydrogen-bond donors (Lipinski definition) is 2. The molecule has 0 bridgehead atoms. The summed E-state index contributed by atoms with van der Waals surface area (Å²) >= 11 is 0. The van der Waals surface area contributed by atoms with Crippen LogP contribution in [0.25, 0.3) is 0 Å². The van der Waals surface area contributed by atoms with Crippen molar-refractivity contribution in [3.63, 3.8) is 0 Å². The Morgan fingerprint density at radius 1 is 1.26 bits per heavy atom. The first-order valence-corrected chi connectivity index (χ1v) is 6.54. The van der Waals surface area contributed by atoms with E-state index in [1.54, 1.807) is 4.68 Å². The lowest BCUT2D eigenvalue weighted by atomic mass is 10.1. The summed E-state index contributed by atoms with van der Waals surface area (Å²) in [6.07, 6.45) is 0. The average Bonchev–Trinajstić information content (AvgIpc) is 2.71. The largest absolute Gasteiger partial charge is 0.368 e. The summed E-state index contributed by atoms with van der Waals surface area (Å²) in [6, 6.07) is 8.33. The fourth-order valence-electron chi connectivity index (χ4n) is 1.71. The number of nitrogens with two attached hydrogens (primary N) is 1. The van der Waals surface area contributed by atoms with Crippen molar-refractivity contribution in [3.05, 3.63) is 35.4 Å². The minimum Gasteiger partial charge on any atom is -0.368 e. The molecular weight excluding hydrogens is 238 g/mol. The highest BCUT2D eigenvalue weighted by atomic mass is 15.4. The number of rotatable bonds is 5. The molecule has 0 aliphatic rings. The molecule has 0 atom stereocenters. The molecule has 0 amide bonds. The van der Waals surface area contributed by atoms with Gasteiger partial charge in [0.2, 0.25) is 11.9 Å². The van der Waals surface area contributed by atoms with Gasteiger partial charge in [-0.25, -0.2) is 4.68 Å². The van der Waals surface area contributed by atoms with E-state index in [0.29, 0.717) is 24.4 Å². The second-order valence-corrected chi connectivity index (χ2v) is 5.21. The molecule has 2 aromatic rings. The highest BCUT2D eigenvalue weighted by Gasteiger charge is 2.07. The van der Waals surface area contributed by atoms with Crippen LogP contribution in [0.4, 0.5) is 11.9 Å². The Balaban J connectivity index is 2.06. The SMILES string of the molecule is Cc1ccc(Cn2nc(NCC(C)C)nc2N)cc1. The first-order chi connectivity index (χ1) is 9.04. The van der Waals surface area contributed by atoms with Gasteiger partial charge in [0.05, 0.1) is 6.54 Å². The van der Waals surface area contributed by atoms with E-state index < -0.39 is 0 Å². The van der Waals surface area contributed by atoms with E-state index in [-0.39, 0.29) is 0 Å². The molecule has 3 N–H and O–H groups in total. The van der Waals surface area contributed by atoms with Crippen LogP contribution in [0.1, 0.15) is 25.0 Å². The number of anilines is 2. The van der Waals surface area contributed by atoms with Crippen LogP contribution in [-0.4, -0.2) is 21.3 Å². The molecule has 5 heteroatoms. The zero-order chi connectivity index (χ0) is 13.8. The van der Waals surface area contributed by atoms with Crippen LogP contribution in [0.3, 0.4) is 0 Å². The number of aryl methyl sites for hydroxylation is 1. The van der Waals surface area contributed by atoms with Crippen LogP contribution < -0.4 is 11.1 Å². The Hall–Kier alpha value is -2.04. The summed E-state index contributed by atoms with van der Waals surface area (Å²) in [5.74, 6) is 1.58. The van der Waals surface area contributed by atoms with E-state index in [9.17, 15) is 0 Å². The van der Waals surface area contributed by atoms with Gasteiger partial charge in [-0.05, 0) is 18.4 Å². The molecule has 1 aromatic carbocycles. The molecule has 0 unspecified atom stereocenters. The molecule has 0 fully saturated rings. The van der Waals surface area contributed by atoms with Crippen LogP contribution in [0, 0.1) is 12.8 Å². The lowest BCUT2D eigenvalue weighted by Crippen LogP contribution is -2.10. The van der Waals surface area contributed by atoms with Gasteiger partial charge in [0, 0.05) is 6.54 Å². The predicted molar refractivity (Wildman–Crippen MR) is 78.0 cm³/mol. The maximum absolute atomic E-state index is 5.87. The monoisotopic (exact) mass is 259 g/mol. The first kappa shape index (κ1) is 13.4. The van der Waals surface area contributed by atoms with Gasteiger partial charge in [-0.15, -0.1) is 5.10 Å². The van der Waals surface area contributed by atoms with Crippen molar-refractivity contribution < 1.29 is 0 Å². The van der Waals surface area contributed by atoms with Gasteiger partial charge in [0.15, 0.2) is 0 Å². The molecular formula is C14H21N5. The fourth-order valence-corrected chi connectivity index (χ4v) is 1.71. The van der Waals surface area contributed by atoms with E-state index in [1.807, 2.05) is 0 Å². The second-order valence-electron chi connectivity index (χ2n) is 5.21. The molecule has 102 valence electrons. The van der Waals surface area contributed by atoms with Gasteiger partial charge in [-0.3, -0.25) is 0 Å². The van der Waals surface area contributed by atoms with Gasteiger partial charge < -0.3 is 11.1 Å². The third-order valence-corrected chi connectivity index (χ3v) is 2.82. The third kappa shape index (κ3) is 3.71. The quantitative estimate of drug-likeness (QED) is 0.864. The molecule has 0 saturated carbocycles. The number of hydrogen-bond acceptors (Lipinski definition) is 4. The van der Waals surface area contributed by atoms with Crippen LogP contribution in [0.5, 0.6) is 0 Å². The van der Waals surface area contributed by atoms with Crippen LogP contribution in [0.2, 0.25) is 0 Å². The van der Waals surface area contributed by atoms with E-state index in [0.717, 1.165) is 12.1 Å². The van der Waals surface area contributed by atoms with Crippen LogP contribution in [0.15, 0.2) is 24.3 Å². The summed E-state index contributed by atoms with van der Waals surface area (Å²) in [7, 11) is 0. The highest BCUT2D eigenvalue weighted by molar-refractivity contribution is 5.32. The van der Waals surface area contributed by atoms with E-state index in [4.69, 9.17) is 5.73 Å². The van der Waals surface area contributed by atoms with E-state index >= 15 is 0 Å². The Bertz CT molecular complexity index is 527. The fraction of sp³-hybridized carbons (Fsp3) is 0.429. The Labute approximate surface area is 113 Å². The minimum absolute atomic E-state index is 0.437. The molecule has 1 aromatic heterocycles. The number of nitrogens with one attached hydrogen (secondary N) is 1. The van der Waals surface area contributed by atoms with Crippen molar-refractivity contribution in [3.8, 4) is 0 Å². The molecule has 1 heterocycles. The molecule has 5 nitrogen and oxygen atoms in total. The number of nitrogen functional groups attached to an aromatic ring is 1. The lowest BCUT2D eigenvalue weighted by molar-refractivity contribution is 0.673. The van der Waals surface area contributed by atoms with Crippen molar-refractivity contribution in [2.45, 2.75) is 27.3 Å². The zero-order valence-corrected chi connectivity index (χ0v) is 11.7. The van der Waals surface area contributed by atoms with E-state index in [2.05, 4.69) is 60.4 Å². The predicted octanol–water partition coefficient (Wildman–Crippen LogP) is 2.28. The van der Waals surface area contributed by atoms with Gasteiger partial charge in [-0.1, -0.05) is 43.7 Å². The van der Waals surface area contributed by atoms with Crippen LogP contribution in [-0.2, 0) is 6.54 Å². The Kier molecular flexibility index (Phi) is 4.04. The molecule has 19 heavy (non-hydrogen) atoms. The summed E-state index contributed by atoms with van der Waals surface area (Å²) in [5, 5.41) is 7.55. The topological polar surface area (TPSA) is 68.8 Å². The number of nitrogens with zero attached hydrogens (tertiary/aromatic N) is 3. The standard InChI is InChI=1S/C14H21N5/c1-10(2)8-16-14-17-13(15)19(18-14)9-12-6-4-11(3)5-7-12/h4-7,10H,8-9H2,1-3H3,(H3,15,16,17,18). The van der Waals surface area contributed by atoms with Crippen molar-refractivity contribution in [1.29, 1.82) is 0 Å². The Morgan fingerprint density at radius 3 is 2.58 bits per heavy atom. The maximum Gasteiger partial charge on any atom is 0.243 e. The summed E-state index contributed by atoms with van der Waals surface area (Å²) in [6.45, 7) is 7.83. The third-order valence-electron chi connectivity index (χ3n) is 2.82. The van der Waals surface area contributed by atoms with Crippen LogP contribution >= 0.6 is 0 Å². The van der Waals surface area contributed by atoms with Crippen molar-refractivity contribution >= 4 is 11.9 Å². The molecule has 0 saturated heterocycles. The normalized spacial score (nSPS) is 10.9. The molecule has 2 rings (SSSR count). The number of benzene rings is 1. The molecule has 0 aliphatic carbocycles. The first-order valence-electron chi connectivity index (χ1n) is 6.54. The summed E-state index contributed by atoms with van der Waals surface area (Å²) in [5.41, 5.74) is 8.28. The molecule has 0 radical (unpaired) electrons. The van der Waals surface area contributed by atoms with Gasteiger partial charge in [0.1, 0.15) is 0 Å². The van der Waals surface area contributed by atoms with Gasteiger partial charge >= 0.3 is 0 Å². The smallest absolute Gasteiger partial charge is 0.243 e. The maximum atomic E-state index is 5.87. The lowest BCUT2D eigenvalue weighted by Gasteiger charge is -2.04. The number of aromatic nitrogens is 3. The highest BCUT2D eigenvalue weighted by Crippen LogP contribution is 2.10. The van der Waals surface area contributed by atoms with E-state index in [1.165, 1.54) is 5.56 Å². The van der Waals surface area contributed by atoms with Crippen molar-refractivity contribution in [1.82, 2.24) is 14.8 Å². The average molecular weight is 259 g/mol. The van der Waals surface area contributed by atoms with Crippen molar-refractivity contribution in [2.24, 2.45) is 5.92 Å². The second kappa shape index (κ2) is 5.73. The van der Waals surface area contributed by atoms with Gasteiger partial charge in [-0.2, -0.15) is 4.98 Å². The summed E-state index contributed by atoms with van der Waals surface area (Å²) in [4.78, 5) is 4.21. The minimum atomic E-state index is 0.437. The summed E-state index contributed by atoms with van der Waals surface area (Å²) < 4.78 is 1.72. The Morgan fingerprint density at radius 2 is 1.95 bits per heavy atom. The van der Waals surface area contributed by atoms with Gasteiger partial charge in [0.25, 0.3) is 0 Å². The zero-order valence-electron chi connectivity index (χ0n) is 11.7. The molecule has 0 aliphatic heterocycles. The van der Waals surface area contributed by atoms with Crippen molar-refractivity contribution in [2.75, 3.05) is 17.6 Å².